The Morgan fingerprint density at radius 3 is 2.65 bits per heavy atom. The largest absolute Gasteiger partial charge is 0.506 e. The van der Waals surface area contributed by atoms with E-state index in [1.54, 1.807) is 13.0 Å². The number of nitrogen functional groups attached to an aromatic ring is 1. The molecule has 5 heteroatoms. The Bertz CT molecular complexity index is 856. The predicted octanol–water partition coefficient (Wildman–Crippen LogP) is 3.96. The minimum atomic E-state index is -0.448. The van der Waals surface area contributed by atoms with Crippen molar-refractivity contribution in [3.63, 3.8) is 0 Å². The molecule has 0 spiro atoms. The summed E-state index contributed by atoms with van der Waals surface area (Å²) in [5, 5.41) is 11.2. The first kappa shape index (κ1) is 15.4. The van der Waals surface area contributed by atoms with E-state index >= 15 is 0 Å². The maximum Gasteiger partial charge on any atom is 0.341 e. The van der Waals surface area contributed by atoms with Crippen LogP contribution in [0.2, 0.25) is 0 Å². The van der Waals surface area contributed by atoms with Gasteiger partial charge in [-0.1, -0.05) is 36.4 Å². The van der Waals surface area contributed by atoms with Gasteiger partial charge in [-0.25, -0.2) is 4.79 Å². The highest BCUT2D eigenvalue weighted by Crippen LogP contribution is 2.41. The first-order valence-electron chi connectivity index (χ1n) is 7.35. The van der Waals surface area contributed by atoms with Crippen LogP contribution in [0.3, 0.4) is 0 Å². The van der Waals surface area contributed by atoms with E-state index in [9.17, 15) is 9.90 Å². The third-order valence-corrected chi connectivity index (χ3v) is 4.69. The summed E-state index contributed by atoms with van der Waals surface area (Å²) in [4.78, 5) is 12.3. The molecule has 0 aliphatic rings. The Labute approximate surface area is 138 Å². The molecule has 0 fully saturated rings. The topological polar surface area (TPSA) is 72.5 Å². The Kier molecular flexibility index (Phi) is 4.21. The lowest BCUT2D eigenvalue weighted by Crippen LogP contribution is -2.07. The van der Waals surface area contributed by atoms with Gasteiger partial charge in [-0.05, 0) is 30.5 Å². The van der Waals surface area contributed by atoms with Crippen LogP contribution in [0, 0.1) is 0 Å². The second-order valence-electron chi connectivity index (χ2n) is 5.17. The average Bonchev–Trinajstić information content (AvgIpc) is 2.90. The van der Waals surface area contributed by atoms with E-state index in [0.717, 1.165) is 11.1 Å². The van der Waals surface area contributed by atoms with Crippen LogP contribution in [0.4, 0.5) is 5.00 Å². The second kappa shape index (κ2) is 6.30. The van der Waals surface area contributed by atoms with Crippen molar-refractivity contribution in [3.05, 3.63) is 59.2 Å². The van der Waals surface area contributed by atoms with E-state index in [0.29, 0.717) is 27.1 Å². The highest BCUT2D eigenvalue weighted by atomic mass is 32.1. The normalized spacial score (nSPS) is 10.8. The fraction of sp³-hybridized carbons (Fsp3) is 0.167. The molecule has 1 heterocycles. The fourth-order valence-electron chi connectivity index (χ4n) is 2.64. The van der Waals surface area contributed by atoms with Crippen LogP contribution in [0.1, 0.15) is 28.4 Å². The lowest BCUT2D eigenvalue weighted by molar-refractivity contribution is 0.0530. The van der Waals surface area contributed by atoms with Crippen molar-refractivity contribution in [2.24, 2.45) is 0 Å². The molecule has 0 atom stereocenters. The zero-order valence-corrected chi connectivity index (χ0v) is 13.5. The molecule has 0 radical (unpaired) electrons. The number of thiophene rings is 1. The third-order valence-electron chi connectivity index (χ3n) is 3.65. The number of aromatic hydroxyl groups is 1. The highest BCUT2D eigenvalue weighted by molar-refractivity contribution is 7.23. The molecule has 2 aromatic carbocycles. The molecular formula is C18H17NO3S. The SMILES string of the molecule is CCOC(=O)c1c(N)sc2c(O)ccc(Cc3ccccc3)c12. The molecule has 0 unspecified atom stereocenters. The van der Waals surface area contributed by atoms with Crippen molar-refractivity contribution in [3.8, 4) is 5.75 Å². The van der Waals surface area contributed by atoms with Gasteiger partial charge in [-0.15, -0.1) is 11.3 Å². The van der Waals surface area contributed by atoms with Gasteiger partial charge in [0.15, 0.2) is 0 Å². The van der Waals surface area contributed by atoms with E-state index in [-0.39, 0.29) is 12.4 Å². The molecular weight excluding hydrogens is 310 g/mol. The second-order valence-corrected chi connectivity index (χ2v) is 6.22. The molecule has 0 amide bonds. The number of fused-ring (bicyclic) bond motifs is 1. The summed E-state index contributed by atoms with van der Waals surface area (Å²) in [5.41, 5.74) is 8.45. The third kappa shape index (κ3) is 2.87. The van der Waals surface area contributed by atoms with Crippen LogP contribution in [0.15, 0.2) is 42.5 Å². The van der Waals surface area contributed by atoms with Gasteiger partial charge < -0.3 is 15.6 Å². The van der Waals surface area contributed by atoms with Crippen molar-refractivity contribution in [2.75, 3.05) is 12.3 Å². The number of rotatable bonds is 4. The summed E-state index contributed by atoms with van der Waals surface area (Å²) >= 11 is 1.21. The summed E-state index contributed by atoms with van der Waals surface area (Å²) in [7, 11) is 0. The van der Waals surface area contributed by atoms with Gasteiger partial charge in [0.05, 0.1) is 11.3 Å². The lowest BCUT2D eigenvalue weighted by Gasteiger charge is -2.08. The van der Waals surface area contributed by atoms with Gasteiger partial charge in [0.1, 0.15) is 16.3 Å². The smallest absolute Gasteiger partial charge is 0.341 e. The van der Waals surface area contributed by atoms with Crippen LogP contribution in [-0.2, 0) is 11.2 Å². The van der Waals surface area contributed by atoms with Crippen molar-refractivity contribution in [1.82, 2.24) is 0 Å². The lowest BCUT2D eigenvalue weighted by atomic mass is 9.99. The maximum atomic E-state index is 12.3. The summed E-state index contributed by atoms with van der Waals surface area (Å²) in [6, 6.07) is 13.4. The molecule has 3 N–H and O–H groups in total. The molecule has 0 saturated heterocycles. The van der Waals surface area contributed by atoms with Gasteiger partial charge in [-0.3, -0.25) is 0 Å². The van der Waals surface area contributed by atoms with Crippen molar-refractivity contribution in [1.29, 1.82) is 0 Å². The number of hydrogen-bond acceptors (Lipinski definition) is 5. The molecule has 0 saturated carbocycles. The minimum absolute atomic E-state index is 0.129. The zero-order chi connectivity index (χ0) is 16.4. The Morgan fingerprint density at radius 1 is 1.22 bits per heavy atom. The molecule has 3 rings (SSSR count). The maximum absolute atomic E-state index is 12.3. The highest BCUT2D eigenvalue weighted by Gasteiger charge is 2.22. The van der Waals surface area contributed by atoms with Crippen molar-refractivity contribution >= 4 is 32.4 Å². The van der Waals surface area contributed by atoms with E-state index in [1.807, 2.05) is 36.4 Å². The summed E-state index contributed by atoms with van der Waals surface area (Å²) < 4.78 is 5.75. The summed E-state index contributed by atoms with van der Waals surface area (Å²) in [5.74, 6) is -0.319. The van der Waals surface area contributed by atoms with E-state index in [2.05, 4.69) is 0 Å². The quantitative estimate of drug-likeness (QED) is 0.712. The molecule has 23 heavy (non-hydrogen) atoms. The number of carbonyl (C=O) groups excluding carboxylic acids is 1. The van der Waals surface area contributed by atoms with Crippen molar-refractivity contribution in [2.45, 2.75) is 13.3 Å². The van der Waals surface area contributed by atoms with Crippen LogP contribution in [-0.4, -0.2) is 17.7 Å². The van der Waals surface area contributed by atoms with E-state index < -0.39 is 5.97 Å². The number of nitrogens with two attached hydrogens (primary N) is 1. The number of benzene rings is 2. The molecule has 4 nitrogen and oxygen atoms in total. The summed E-state index contributed by atoms with van der Waals surface area (Å²) in [6.45, 7) is 2.04. The Hall–Kier alpha value is -2.53. The standard InChI is InChI=1S/C18H17NO3S/c1-2-22-18(21)15-14-12(10-11-6-4-3-5-7-11)8-9-13(20)16(14)23-17(15)19/h3-9,20H,2,10,19H2,1H3. The molecule has 3 aromatic rings. The van der Waals surface area contributed by atoms with E-state index in [4.69, 9.17) is 10.5 Å². The van der Waals surface area contributed by atoms with Crippen LogP contribution in [0.5, 0.6) is 5.75 Å². The van der Waals surface area contributed by atoms with Gasteiger partial charge >= 0.3 is 5.97 Å². The summed E-state index contributed by atoms with van der Waals surface area (Å²) in [6.07, 6.45) is 0.653. The first-order valence-corrected chi connectivity index (χ1v) is 8.17. The monoisotopic (exact) mass is 327 g/mol. The minimum Gasteiger partial charge on any atom is -0.506 e. The number of carbonyl (C=O) groups is 1. The Balaban J connectivity index is 2.18. The van der Waals surface area contributed by atoms with Gasteiger partial charge in [0, 0.05) is 5.39 Å². The number of hydrogen-bond donors (Lipinski definition) is 2. The van der Waals surface area contributed by atoms with Crippen LogP contribution >= 0.6 is 11.3 Å². The molecule has 0 aliphatic carbocycles. The van der Waals surface area contributed by atoms with Gasteiger partial charge in [0.2, 0.25) is 0 Å². The number of esters is 1. The van der Waals surface area contributed by atoms with Gasteiger partial charge in [-0.2, -0.15) is 0 Å². The molecule has 0 aliphatic heterocycles. The molecule has 1 aromatic heterocycles. The average molecular weight is 327 g/mol. The first-order chi connectivity index (χ1) is 11.1. The number of phenols is 1. The number of ether oxygens (including phenoxy) is 1. The van der Waals surface area contributed by atoms with Crippen LogP contribution in [0.25, 0.3) is 10.1 Å². The van der Waals surface area contributed by atoms with Crippen molar-refractivity contribution < 1.29 is 14.6 Å². The fourth-order valence-corrected chi connectivity index (χ4v) is 3.66. The Morgan fingerprint density at radius 2 is 1.96 bits per heavy atom. The predicted molar refractivity (Wildman–Crippen MR) is 93.1 cm³/mol. The molecule has 0 bridgehead atoms. The van der Waals surface area contributed by atoms with E-state index in [1.165, 1.54) is 11.3 Å². The zero-order valence-electron chi connectivity index (χ0n) is 12.7. The van der Waals surface area contributed by atoms with Crippen LogP contribution < -0.4 is 5.73 Å². The number of anilines is 1. The molecule has 118 valence electrons. The number of phenolic OH excluding ortho intramolecular Hbond substituents is 1. The van der Waals surface area contributed by atoms with Gasteiger partial charge in [0.25, 0.3) is 0 Å².